The molecule has 3 rings (SSSR count). The van der Waals surface area contributed by atoms with E-state index in [1.807, 2.05) is 18.3 Å². The second-order valence-corrected chi connectivity index (χ2v) is 7.33. The summed E-state index contributed by atoms with van der Waals surface area (Å²) in [6.45, 7) is 6.06. The van der Waals surface area contributed by atoms with E-state index in [9.17, 15) is 5.26 Å². The number of quaternary nitrogens is 1. The summed E-state index contributed by atoms with van der Waals surface area (Å²) in [5.74, 6) is 0. The standard InChI is InChI=1S/C17H19N3S2/c1-12-9-13(2)20(17(21)14(12)10-18)11-19-7-3-5-15(19)16-6-4-8-22-16/h4,6,8-9,15H,3,5,7,11H2,1-2H3/p+1/t15-/m0/s1. The summed E-state index contributed by atoms with van der Waals surface area (Å²) >= 11 is 7.41. The van der Waals surface area contributed by atoms with E-state index in [0.29, 0.717) is 16.2 Å². The van der Waals surface area contributed by atoms with Crippen LogP contribution in [0.25, 0.3) is 0 Å². The molecule has 0 aromatic carbocycles. The summed E-state index contributed by atoms with van der Waals surface area (Å²) in [5.41, 5.74) is 2.77. The summed E-state index contributed by atoms with van der Waals surface area (Å²) in [4.78, 5) is 3.01. The van der Waals surface area contributed by atoms with Gasteiger partial charge < -0.3 is 4.90 Å². The van der Waals surface area contributed by atoms with E-state index in [2.05, 4.69) is 41.1 Å². The molecule has 2 aromatic rings. The van der Waals surface area contributed by atoms with Crippen LogP contribution in [-0.4, -0.2) is 11.1 Å². The molecule has 22 heavy (non-hydrogen) atoms. The first-order valence-corrected chi connectivity index (χ1v) is 8.89. The lowest BCUT2D eigenvalue weighted by atomic mass is 10.1. The van der Waals surface area contributed by atoms with Gasteiger partial charge in [-0.25, -0.2) is 0 Å². The lowest BCUT2D eigenvalue weighted by Gasteiger charge is -2.23. The Hall–Kier alpha value is -1.48. The number of thiophene rings is 1. The van der Waals surface area contributed by atoms with E-state index < -0.39 is 0 Å². The third-order valence-corrected chi connectivity index (χ3v) is 5.96. The summed E-state index contributed by atoms with van der Waals surface area (Å²) in [7, 11) is 0. The summed E-state index contributed by atoms with van der Waals surface area (Å²) in [6.07, 6.45) is 2.49. The molecule has 0 bridgehead atoms. The highest BCUT2D eigenvalue weighted by molar-refractivity contribution is 7.71. The first-order valence-electron chi connectivity index (χ1n) is 7.61. The normalized spacial score (nSPS) is 21.0. The Kier molecular flexibility index (Phi) is 4.44. The molecule has 3 nitrogen and oxygen atoms in total. The van der Waals surface area contributed by atoms with Crippen LogP contribution in [0.1, 0.15) is 40.6 Å². The number of nitrogens with one attached hydrogen (secondary N) is 1. The highest BCUT2D eigenvalue weighted by atomic mass is 32.1. The van der Waals surface area contributed by atoms with E-state index in [-0.39, 0.29) is 0 Å². The molecule has 1 N–H and O–H groups in total. The average Bonchev–Trinajstić information content (AvgIpc) is 3.14. The Bertz CT molecular complexity index is 768. The van der Waals surface area contributed by atoms with Gasteiger partial charge in [0.2, 0.25) is 0 Å². The van der Waals surface area contributed by atoms with Crippen LogP contribution in [0.3, 0.4) is 0 Å². The van der Waals surface area contributed by atoms with E-state index >= 15 is 0 Å². The van der Waals surface area contributed by atoms with Crippen LogP contribution in [0, 0.1) is 29.8 Å². The van der Waals surface area contributed by atoms with E-state index in [1.165, 1.54) is 24.3 Å². The minimum absolute atomic E-state index is 0.563. The maximum Gasteiger partial charge on any atom is 0.158 e. The molecule has 1 saturated heterocycles. The third-order valence-electron chi connectivity index (χ3n) is 4.55. The number of aryl methyl sites for hydroxylation is 2. The van der Waals surface area contributed by atoms with Gasteiger partial charge >= 0.3 is 0 Å². The quantitative estimate of drug-likeness (QED) is 0.877. The van der Waals surface area contributed by atoms with Gasteiger partial charge in [-0.2, -0.15) is 5.26 Å². The highest BCUT2D eigenvalue weighted by Crippen LogP contribution is 2.23. The predicted octanol–water partition coefficient (Wildman–Crippen LogP) is 3.15. The van der Waals surface area contributed by atoms with Crippen molar-refractivity contribution in [1.29, 1.82) is 5.26 Å². The number of rotatable bonds is 3. The first-order chi connectivity index (χ1) is 10.6. The van der Waals surface area contributed by atoms with Gasteiger partial charge in [0.05, 0.1) is 17.0 Å². The highest BCUT2D eigenvalue weighted by Gasteiger charge is 2.31. The van der Waals surface area contributed by atoms with Crippen LogP contribution in [0.4, 0.5) is 0 Å². The molecule has 2 atom stereocenters. The molecule has 0 amide bonds. The fourth-order valence-corrected chi connectivity index (χ4v) is 4.73. The second kappa shape index (κ2) is 6.33. The van der Waals surface area contributed by atoms with Gasteiger partial charge in [-0.05, 0) is 36.9 Å². The van der Waals surface area contributed by atoms with E-state index in [1.54, 1.807) is 4.90 Å². The molecule has 114 valence electrons. The summed E-state index contributed by atoms with van der Waals surface area (Å²) in [5, 5.41) is 11.5. The van der Waals surface area contributed by atoms with Gasteiger partial charge in [0.1, 0.15) is 16.8 Å². The number of pyridine rings is 1. The van der Waals surface area contributed by atoms with E-state index in [4.69, 9.17) is 12.2 Å². The molecule has 0 radical (unpaired) electrons. The largest absolute Gasteiger partial charge is 0.311 e. The summed E-state index contributed by atoms with van der Waals surface area (Å²) in [6, 6.07) is 9.27. The number of hydrogen-bond acceptors (Lipinski definition) is 3. The molecule has 5 heteroatoms. The van der Waals surface area contributed by atoms with Gasteiger partial charge in [0.15, 0.2) is 6.67 Å². The molecular formula is C17H20N3S2+. The van der Waals surface area contributed by atoms with Gasteiger partial charge in [0, 0.05) is 18.5 Å². The van der Waals surface area contributed by atoms with Gasteiger partial charge in [-0.3, -0.25) is 4.57 Å². The lowest BCUT2D eigenvalue weighted by molar-refractivity contribution is -0.940. The van der Waals surface area contributed by atoms with Gasteiger partial charge in [-0.1, -0.05) is 18.3 Å². The van der Waals surface area contributed by atoms with Crippen molar-refractivity contribution >= 4 is 23.6 Å². The molecule has 1 fully saturated rings. The number of hydrogen-bond donors (Lipinski definition) is 1. The maximum absolute atomic E-state index is 9.34. The first kappa shape index (κ1) is 15.4. The molecule has 1 aliphatic heterocycles. The molecule has 1 aliphatic rings. The zero-order valence-electron chi connectivity index (χ0n) is 12.9. The van der Waals surface area contributed by atoms with Crippen molar-refractivity contribution in [2.24, 2.45) is 0 Å². The van der Waals surface area contributed by atoms with Crippen LogP contribution < -0.4 is 4.90 Å². The number of likely N-dealkylation sites (tertiary alicyclic amines) is 1. The molecule has 1 unspecified atom stereocenters. The van der Waals surface area contributed by atoms with Crippen LogP contribution in [0.15, 0.2) is 23.6 Å². The Balaban J connectivity index is 1.94. The Morgan fingerprint density at radius 1 is 1.50 bits per heavy atom. The fraction of sp³-hybridized carbons (Fsp3) is 0.412. The van der Waals surface area contributed by atoms with Crippen LogP contribution in [0.5, 0.6) is 0 Å². The zero-order valence-corrected chi connectivity index (χ0v) is 14.6. The maximum atomic E-state index is 9.34. The number of aromatic nitrogens is 1. The molecule has 0 aliphatic carbocycles. The smallest absolute Gasteiger partial charge is 0.158 e. The average molecular weight is 331 g/mol. The Morgan fingerprint density at radius 3 is 3.00 bits per heavy atom. The van der Waals surface area contributed by atoms with Crippen LogP contribution in [-0.2, 0) is 6.67 Å². The van der Waals surface area contributed by atoms with Gasteiger partial charge in [0.25, 0.3) is 0 Å². The third kappa shape index (κ3) is 2.74. The fourth-order valence-electron chi connectivity index (χ4n) is 3.40. The SMILES string of the molecule is Cc1cc(C)n(C[NH+]2CCC[C@H]2c2cccs2)c(=S)c1C#N. The van der Waals surface area contributed by atoms with E-state index in [0.717, 1.165) is 17.9 Å². The monoisotopic (exact) mass is 330 g/mol. The molecule has 2 aromatic heterocycles. The van der Waals surface area contributed by atoms with Crippen LogP contribution in [0.2, 0.25) is 0 Å². The molecule has 3 heterocycles. The second-order valence-electron chi connectivity index (χ2n) is 5.97. The molecule has 0 spiro atoms. The van der Waals surface area contributed by atoms with Crippen molar-refractivity contribution in [3.05, 3.63) is 49.9 Å². The van der Waals surface area contributed by atoms with Crippen molar-refractivity contribution < 1.29 is 4.90 Å². The van der Waals surface area contributed by atoms with Gasteiger partial charge in [-0.15, -0.1) is 11.3 Å². The van der Waals surface area contributed by atoms with Crippen molar-refractivity contribution in [1.82, 2.24) is 4.57 Å². The minimum Gasteiger partial charge on any atom is -0.311 e. The van der Waals surface area contributed by atoms with Crippen LogP contribution >= 0.6 is 23.6 Å². The minimum atomic E-state index is 0.563. The van der Waals surface area contributed by atoms with Crippen molar-refractivity contribution in [3.8, 4) is 6.07 Å². The lowest BCUT2D eigenvalue weighted by Crippen LogP contribution is -3.09. The number of nitrogens with zero attached hydrogens (tertiary/aromatic N) is 2. The van der Waals surface area contributed by atoms with Crippen molar-refractivity contribution in [3.63, 3.8) is 0 Å². The molecular weight excluding hydrogens is 310 g/mol. The van der Waals surface area contributed by atoms with Crippen molar-refractivity contribution in [2.75, 3.05) is 6.54 Å². The Morgan fingerprint density at radius 2 is 2.32 bits per heavy atom. The predicted molar refractivity (Wildman–Crippen MR) is 91.6 cm³/mol. The summed E-state index contributed by atoms with van der Waals surface area (Å²) < 4.78 is 2.83. The molecule has 0 saturated carbocycles. The Labute approximate surface area is 140 Å². The van der Waals surface area contributed by atoms with Crippen molar-refractivity contribution in [2.45, 2.75) is 39.4 Å². The zero-order chi connectivity index (χ0) is 15.7. The topological polar surface area (TPSA) is 33.2 Å². The number of nitriles is 1.